The quantitative estimate of drug-likeness (QED) is 0.408. The zero-order valence-electron chi connectivity index (χ0n) is 18.3. The number of fused-ring (bicyclic) bond motifs is 1. The molecule has 1 amide bonds. The van der Waals surface area contributed by atoms with Crippen LogP contribution in [0.15, 0.2) is 59.6 Å². The van der Waals surface area contributed by atoms with Gasteiger partial charge in [0.1, 0.15) is 11.9 Å². The van der Waals surface area contributed by atoms with Crippen molar-refractivity contribution in [2.45, 2.75) is 0 Å². The molecule has 0 unspecified atom stereocenters. The number of rotatable bonds is 4. The Balaban J connectivity index is 1.30. The van der Waals surface area contributed by atoms with Crippen molar-refractivity contribution in [1.29, 1.82) is 5.26 Å². The van der Waals surface area contributed by atoms with Gasteiger partial charge in [-0.15, -0.1) is 0 Å². The van der Waals surface area contributed by atoms with Crippen LogP contribution in [0.5, 0.6) is 5.88 Å². The van der Waals surface area contributed by atoms with E-state index in [0.29, 0.717) is 43.2 Å². The summed E-state index contributed by atoms with van der Waals surface area (Å²) in [6, 6.07) is 11.6. The molecule has 4 aromatic heterocycles. The van der Waals surface area contributed by atoms with Crippen LogP contribution in [0.2, 0.25) is 0 Å². The summed E-state index contributed by atoms with van der Waals surface area (Å²) < 4.78 is 7.61. The number of hydrogen-bond donors (Lipinski definition) is 0. The fraction of sp³-hybridized carbons (Fsp3) is 0.208. The normalized spacial score (nSPS) is 13.7. The van der Waals surface area contributed by atoms with Crippen LogP contribution in [0.1, 0.15) is 15.9 Å². The third-order valence-electron chi connectivity index (χ3n) is 5.84. The molecule has 0 aliphatic carbocycles. The van der Waals surface area contributed by atoms with Crippen molar-refractivity contribution in [2.75, 3.05) is 38.2 Å². The van der Waals surface area contributed by atoms with Crippen LogP contribution in [0.25, 0.3) is 16.6 Å². The molecule has 1 saturated heterocycles. The Morgan fingerprint density at radius 2 is 1.91 bits per heavy atom. The number of amides is 1. The predicted octanol–water partition coefficient (Wildman–Crippen LogP) is 3.40. The van der Waals surface area contributed by atoms with Gasteiger partial charge in [0.25, 0.3) is 5.91 Å². The minimum atomic E-state index is -0.0362. The van der Waals surface area contributed by atoms with Crippen molar-refractivity contribution in [3.05, 3.63) is 70.7 Å². The molecule has 10 heteroatoms. The average molecular weight is 518 g/mol. The lowest BCUT2D eigenvalue weighted by Gasteiger charge is -2.35. The second kappa shape index (κ2) is 9.11. The van der Waals surface area contributed by atoms with Crippen LogP contribution < -0.4 is 9.64 Å². The van der Waals surface area contributed by atoms with Gasteiger partial charge in [0.2, 0.25) is 5.88 Å². The van der Waals surface area contributed by atoms with Gasteiger partial charge in [0.15, 0.2) is 0 Å². The Kier molecular flexibility index (Phi) is 5.86. The maximum absolute atomic E-state index is 12.8. The smallest absolute Gasteiger partial charge is 0.255 e. The molecule has 1 aliphatic heterocycles. The third-order valence-corrected chi connectivity index (χ3v) is 6.27. The van der Waals surface area contributed by atoms with Crippen LogP contribution in [0.3, 0.4) is 0 Å². The zero-order valence-corrected chi connectivity index (χ0v) is 19.9. The summed E-state index contributed by atoms with van der Waals surface area (Å²) in [4.78, 5) is 25.6. The molecule has 0 spiro atoms. The Morgan fingerprint density at radius 3 is 2.56 bits per heavy atom. The Bertz CT molecular complexity index is 1390. The number of pyridine rings is 3. The summed E-state index contributed by atoms with van der Waals surface area (Å²) in [5.74, 6) is 1.30. The lowest BCUT2D eigenvalue weighted by molar-refractivity contribution is 0.0746. The minimum absolute atomic E-state index is 0.0362. The van der Waals surface area contributed by atoms with Crippen LogP contribution in [0.4, 0.5) is 5.82 Å². The standard InChI is InChI=1S/C24H20BrN7O2/c1-34-22-5-3-17(13-28-22)24(33)31-8-6-30(7-9-31)21-4-2-16(12-27-21)20-10-19(25)15-32-23(20)18(11-26)14-29-32/h2-5,10,12-15H,6-9H2,1H3. The molecular weight excluding hydrogens is 498 g/mol. The van der Waals surface area contributed by atoms with Gasteiger partial charge in [-0.2, -0.15) is 10.4 Å². The molecule has 0 atom stereocenters. The molecule has 9 nitrogen and oxygen atoms in total. The van der Waals surface area contributed by atoms with Gasteiger partial charge in [0.05, 0.1) is 30.0 Å². The first kappa shape index (κ1) is 21.9. The van der Waals surface area contributed by atoms with E-state index in [1.165, 1.54) is 0 Å². The largest absolute Gasteiger partial charge is 0.481 e. The van der Waals surface area contributed by atoms with E-state index < -0.39 is 0 Å². The molecule has 1 aliphatic rings. The van der Waals surface area contributed by atoms with Crippen molar-refractivity contribution in [3.8, 4) is 23.1 Å². The molecule has 0 saturated carbocycles. The van der Waals surface area contributed by atoms with E-state index in [1.54, 1.807) is 36.2 Å². The highest BCUT2D eigenvalue weighted by Gasteiger charge is 2.23. The van der Waals surface area contributed by atoms with Crippen molar-refractivity contribution in [2.24, 2.45) is 0 Å². The number of methoxy groups -OCH3 is 1. The Hall–Kier alpha value is -3.97. The van der Waals surface area contributed by atoms with E-state index in [0.717, 1.165) is 26.9 Å². The van der Waals surface area contributed by atoms with Crippen molar-refractivity contribution < 1.29 is 9.53 Å². The number of nitrogens with zero attached hydrogens (tertiary/aromatic N) is 7. The summed E-state index contributed by atoms with van der Waals surface area (Å²) in [6.07, 6.45) is 6.75. The monoisotopic (exact) mass is 517 g/mol. The number of carbonyl (C=O) groups is 1. The predicted molar refractivity (Wildman–Crippen MR) is 130 cm³/mol. The van der Waals surface area contributed by atoms with Gasteiger partial charge in [-0.1, -0.05) is 0 Å². The summed E-state index contributed by atoms with van der Waals surface area (Å²) in [5.41, 5.74) is 3.59. The SMILES string of the molecule is COc1ccc(C(=O)N2CCN(c3ccc(-c4cc(Br)cn5ncc(C#N)c45)cn3)CC2)cn1. The van der Waals surface area contributed by atoms with Gasteiger partial charge in [-0.05, 0) is 40.2 Å². The molecule has 5 heterocycles. The van der Waals surface area contributed by atoms with E-state index in [2.05, 4.69) is 42.0 Å². The first-order valence-electron chi connectivity index (χ1n) is 10.6. The number of halogens is 1. The molecule has 5 rings (SSSR count). The number of nitriles is 1. The summed E-state index contributed by atoms with van der Waals surface area (Å²) in [7, 11) is 1.55. The fourth-order valence-corrected chi connectivity index (χ4v) is 4.49. The van der Waals surface area contributed by atoms with Crippen LogP contribution in [-0.4, -0.2) is 63.7 Å². The van der Waals surface area contributed by atoms with Gasteiger partial charge in [-0.25, -0.2) is 14.5 Å². The number of hydrogen-bond acceptors (Lipinski definition) is 7. The highest BCUT2D eigenvalue weighted by atomic mass is 79.9. The molecule has 0 radical (unpaired) electrons. The molecule has 34 heavy (non-hydrogen) atoms. The van der Waals surface area contributed by atoms with Crippen LogP contribution >= 0.6 is 15.9 Å². The lowest BCUT2D eigenvalue weighted by atomic mass is 10.1. The summed E-state index contributed by atoms with van der Waals surface area (Å²) in [5, 5.41) is 13.7. The Morgan fingerprint density at radius 1 is 1.09 bits per heavy atom. The number of piperazine rings is 1. The van der Waals surface area contributed by atoms with Crippen molar-refractivity contribution in [1.82, 2.24) is 24.5 Å². The van der Waals surface area contributed by atoms with Gasteiger partial charge >= 0.3 is 0 Å². The van der Waals surface area contributed by atoms with E-state index in [4.69, 9.17) is 4.74 Å². The first-order chi connectivity index (χ1) is 16.6. The Labute approximate surface area is 204 Å². The lowest BCUT2D eigenvalue weighted by Crippen LogP contribution is -2.49. The van der Waals surface area contributed by atoms with Crippen molar-refractivity contribution in [3.63, 3.8) is 0 Å². The molecular formula is C24H20BrN7O2. The summed E-state index contributed by atoms with van der Waals surface area (Å²) >= 11 is 3.52. The number of aromatic nitrogens is 4. The minimum Gasteiger partial charge on any atom is -0.481 e. The van der Waals surface area contributed by atoms with Gasteiger partial charge in [0, 0.05) is 66.4 Å². The molecule has 0 aromatic carbocycles. The average Bonchev–Trinajstić information content (AvgIpc) is 3.31. The van der Waals surface area contributed by atoms with Crippen LogP contribution in [0, 0.1) is 11.3 Å². The van der Waals surface area contributed by atoms with E-state index in [-0.39, 0.29) is 5.91 Å². The fourth-order valence-electron chi connectivity index (χ4n) is 4.07. The molecule has 0 N–H and O–H groups in total. The molecule has 0 bridgehead atoms. The molecule has 1 fully saturated rings. The highest BCUT2D eigenvalue weighted by molar-refractivity contribution is 9.10. The number of carbonyl (C=O) groups excluding carboxylic acids is 1. The first-order valence-corrected chi connectivity index (χ1v) is 11.4. The number of anilines is 1. The van der Waals surface area contributed by atoms with Gasteiger partial charge in [-0.3, -0.25) is 4.79 Å². The van der Waals surface area contributed by atoms with E-state index in [1.807, 2.05) is 35.5 Å². The van der Waals surface area contributed by atoms with Gasteiger partial charge < -0.3 is 14.5 Å². The third kappa shape index (κ3) is 4.06. The second-order valence-corrected chi connectivity index (χ2v) is 8.72. The van der Waals surface area contributed by atoms with Crippen LogP contribution in [-0.2, 0) is 0 Å². The molecule has 170 valence electrons. The number of ether oxygens (including phenoxy) is 1. The van der Waals surface area contributed by atoms with E-state index >= 15 is 0 Å². The van der Waals surface area contributed by atoms with E-state index in [9.17, 15) is 10.1 Å². The molecule has 4 aromatic rings. The second-order valence-electron chi connectivity index (χ2n) is 7.81. The maximum atomic E-state index is 12.8. The maximum Gasteiger partial charge on any atom is 0.255 e. The highest BCUT2D eigenvalue weighted by Crippen LogP contribution is 2.30. The topological polar surface area (TPSA) is 99.7 Å². The van der Waals surface area contributed by atoms with Crippen molar-refractivity contribution >= 4 is 33.2 Å². The zero-order chi connectivity index (χ0) is 23.7. The summed E-state index contributed by atoms with van der Waals surface area (Å²) in [6.45, 7) is 2.57.